The van der Waals surface area contributed by atoms with Crippen LogP contribution >= 0.6 is 0 Å². The minimum atomic E-state index is -3.61. The van der Waals surface area contributed by atoms with E-state index in [4.69, 9.17) is 4.74 Å². The zero-order chi connectivity index (χ0) is 24.8. The first kappa shape index (κ1) is 25.0. The lowest BCUT2D eigenvalue weighted by atomic mass is 10.1. The molecular weight excluding hydrogens is 468 g/mol. The molecule has 1 saturated heterocycles. The molecule has 3 aromatic rings. The van der Waals surface area contributed by atoms with Crippen molar-refractivity contribution in [3.63, 3.8) is 0 Å². The van der Waals surface area contributed by atoms with E-state index >= 15 is 0 Å². The number of hydrogen-bond acceptors (Lipinski definition) is 7. The van der Waals surface area contributed by atoms with Crippen molar-refractivity contribution in [3.8, 4) is 5.75 Å². The Morgan fingerprint density at radius 2 is 1.86 bits per heavy atom. The number of aromatic nitrogens is 1. The maximum absolute atomic E-state index is 13.4. The molecule has 2 heterocycles. The van der Waals surface area contributed by atoms with Gasteiger partial charge in [0, 0.05) is 48.4 Å². The van der Waals surface area contributed by atoms with Crippen molar-refractivity contribution in [2.45, 2.75) is 36.6 Å². The van der Waals surface area contributed by atoms with E-state index in [9.17, 15) is 18.5 Å². The molecule has 0 atom stereocenters. The van der Waals surface area contributed by atoms with Gasteiger partial charge in [-0.2, -0.15) is 4.31 Å². The van der Waals surface area contributed by atoms with Gasteiger partial charge < -0.3 is 9.64 Å². The largest absolute Gasteiger partial charge is 0.494 e. The second-order valence-electron chi connectivity index (χ2n) is 8.75. The summed E-state index contributed by atoms with van der Waals surface area (Å²) in [4.78, 5) is 17.1. The van der Waals surface area contributed by atoms with Crippen LogP contribution in [0.15, 0.2) is 65.8 Å². The number of nitrogens with zero attached hydrogens (tertiary/aromatic N) is 4. The molecule has 0 radical (unpaired) electrons. The number of hydrogen-bond donors (Lipinski definition) is 0. The van der Waals surface area contributed by atoms with Crippen LogP contribution in [0, 0.1) is 10.1 Å². The quantitative estimate of drug-likeness (QED) is 0.235. The van der Waals surface area contributed by atoms with Gasteiger partial charge in [0.2, 0.25) is 10.0 Å². The molecule has 0 unspecified atom stereocenters. The van der Waals surface area contributed by atoms with Crippen molar-refractivity contribution >= 4 is 26.5 Å². The van der Waals surface area contributed by atoms with Crippen molar-refractivity contribution < 1.29 is 18.1 Å². The molecule has 0 bridgehead atoms. The van der Waals surface area contributed by atoms with Crippen LogP contribution in [0.25, 0.3) is 10.8 Å². The van der Waals surface area contributed by atoms with E-state index in [1.165, 1.54) is 16.4 Å². The summed E-state index contributed by atoms with van der Waals surface area (Å²) in [7, 11) is -1.92. The van der Waals surface area contributed by atoms with E-state index in [2.05, 4.69) is 9.88 Å². The summed E-state index contributed by atoms with van der Waals surface area (Å²) in [6.07, 6.45) is 6.74. The van der Waals surface area contributed by atoms with Crippen LogP contribution in [-0.2, 0) is 10.0 Å². The number of ether oxygens (including phenoxy) is 1. The highest BCUT2D eigenvalue weighted by molar-refractivity contribution is 7.89. The summed E-state index contributed by atoms with van der Waals surface area (Å²) in [6.45, 7) is 3.19. The van der Waals surface area contributed by atoms with Gasteiger partial charge in [0.1, 0.15) is 5.75 Å². The van der Waals surface area contributed by atoms with E-state index in [0.717, 1.165) is 50.7 Å². The number of benzene rings is 2. The number of unbranched alkanes of at least 4 members (excludes halogenated alkanes) is 1. The first-order chi connectivity index (χ1) is 16.9. The molecule has 4 rings (SSSR count). The Morgan fingerprint density at radius 1 is 1.11 bits per heavy atom. The molecule has 0 saturated carbocycles. The number of fused-ring (bicyclic) bond motifs is 1. The van der Waals surface area contributed by atoms with E-state index in [0.29, 0.717) is 22.6 Å². The van der Waals surface area contributed by atoms with Crippen LogP contribution in [0.4, 0.5) is 5.69 Å². The third-order valence-corrected chi connectivity index (χ3v) is 8.52. The Hall–Kier alpha value is -3.08. The lowest BCUT2D eigenvalue weighted by Crippen LogP contribution is -2.45. The standard InChI is InChI=1S/C25H30N4O5S/c1-27(35(32,33)25-6-4-5-20-19-26-14-11-24(20)25)21-12-16-28(17-13-21)15-2-3-18-34-23-9-7-22(8-10-23)29(30)31/h4-11,14,19,21H,2-3,12-13,15-18H2,1H3. The van der Waals surface area contributed by atoms with Crippen molar-refractivity contribution in [1.29, 1.82) is 0 Å². The molecule has 0 N–H and O–H groups in total. The Morgan fingerprint density at radius 3 is 2.57 bits per heavy atom. The van der Waals surface area contributed by atoms with Crippen LogP contribution in [0.5, 0.6) is 5.75 Å². The smallest absolute Gasteiger partial charge is 0.269 e. The summed E-state index contributed by atoms with van der Waals surface area (Å²) in [5.74, 6) is 0.628. The van der Waals surface area contributed by atoms with Crippen LogP contribution in [0.2, 0.25) is 0 Å². The molecular formula is C25H30N4O5S. The second-order valence-corrected chi connectivity index (χ2v) is 10.7. The highest BCUT2D eigenvalue weighted by Gasteiger charge is 2.31. The molecule has 2 aromatic carbocycles. The number of nitro groups is 1. The third-order valence-electron chi connectivity index (χ3n) is 6.55. The summed E-state index contributed by atoms with van der Waals surface area (Å²) < 4.78 is 34.0. The molecule has 10 heteroatoms. The Bertz CT molecular complexity index is 1250. The van der Waals surface area contributed by atoms with Crippen molar-refractivity contribution in [2.75, 3.05) is 33.3 Å². The molecule has 1 aromatic heterocycles. The number of rotatable bonds is 10. The maximum atomic E-state index is 13.4. The van der Waals surface area contributed by atoms with Gasteiger partial charge in [-0.3, -0.25) is 15.1 Å². The zero-order valence-corrected chi connectivity index (χ0v) is 20.6. The van der Waals surface area contributed by atoms with Gasteiger partial charge in [-0.1, -0.05) is 12.1 Å². The fourth-order valence-electron chi connectivity index (χ4n) is 4.47. The van der Waals surface area contributed by atoms with E-state index in [1.807, 2.05) is 6.07 Å². The summed E-state index contributed by atoms with van der Waals surface area (Å²) >= 11 is 0. The number of non-ortho nitro benzene ring substituents is 1. The average molecular weight is 499 g/mol. The summed E-state index contributed by atoms with van der Waals surface area (Å²) in [6, 6.07) is 13.1. The highest BCUT2D eigenvalue weighted by Crippen LogP contribution is 2.28. The van der Waals surface area contributed by atoms with Gasteiger partial charge in [0.25, 0.3) is 5.69 Å². The fraction of sp³-hybridized carbons (Fsp3) is 0.400. The fourth-order valence-corrected chi connectivity index (χ4v) is 6.10. The second kappa shape index (κ2) is 11.1. The van der Waals surface area contributed by atoms with Gasteiger partial charge in [0.05, 0.1) is 16.4 Å². The molecule has 0 spiro atoms. The molecule has 186 valence electrons. The molecule has 1 fully saturated rings. The van der Waals surface area contributed by atoms with Gasteiger partial charge in [-0.25, -0.2) is 8.42 Å². The lowest BCUT2D eigenvalue weighted by Gasteiger charge is -2.36. The van der Waals surface area contributed by atoms with E-state index in [-0.39, 0.29) is 11.7 Å². The molecule has 0 amide bonds. The van der Waals surface area contributed by atoms with Crippen LogP contribution in [0.3, 0.4) is 0 Å². The molecule has 9 nitrogen and oxygen atoms in total. The monoisotopic (exact) mass is 498 g/mol. The van der Waals surface area contributed by atoms with Crippen LogP contribution < -0.4 is 4.74 Å². The predicted octanol–water partition coefficient (Wildman–Crippen LogP) is 4.09. The Kier molecular flexibility index (Phi) is 7.94. The van der Waals surface area contributed by atoms with E-state index < -0.39 is 14.9 Å². The first-order valence-corrected chi connectivity index (χ1v) is 13.2. The molecule has 1 aliphatic rings. The molecule has 0 aliphatic carbocycles. The van der Waals surface area contributed by atoms with Gasteiger partial charge in [0.15, 0.2) is 0 Å². The summed E-state index contributed by atoms with van der Waals surface area (Å²) in [5.41, 5.74) is 0.0496. The number of nitro benzene ring substituents is 1. The molecule has 1 aliphatic heterocycles. The van der Waals surface area contributed by atoms with Crippen LogP contribution in [-0.4, -0.2) is 66.9 Å². The lowest BCUT2D eigenvalue weighted by molar-refractivity contribution is -0.384. The Labute approximate surface area is 205 Å². The minimum absolute atomic E-state index is 0.0289. The third kappa shape index (κ3) is 5.95. The summed E-state index contributed by atoms with van der Waals surface area (Å²) in [5, 5.41) is 12.2. The predicted molar refractivity (Wildman–Crippen MR) is 134 cm³/mol. The number of pyridine rings is 1. The SMILES string of the molecule is CN(C1CCN(CCCCOc2ccc([N+](=O)[O-])cc2)CC1)S(=O)(=O)c1cccc2cnccc12. The van der Waals surface area contributed by atoms with E-state index in [1.54, 1.807) is 49.8 Å². The van der Waals surface area contributed by atoms with Crippen molar-refractivity contribution in [3.05, 3.63) is 71.0 Å². The van der Waals surface area contributed by atoms with Gasteiger partial charge >= 0.3 is 0 Å². The van der Waals surface area contributed by atoms with Crippen molar-refractivity contribution in [1.82, 2.24) is 14.2 Å². The van der Waals surface area contributed by atoms with Crippen molar-refractivity contribution in [2.24, 2.45) is 0 Å². The Balaban J connectivity index is 1.22. The first-order valence-electron chi connectivity index (χ1n) is 11.8. The number of sulfonamides is 1. The minimum Gasteiger partial charge on any atom is -0.494 e. The highest BCUT2D eigenvalue weighted by atomic mass is 32.2. The maximum Gasteiger partial charge on any atom is 0.269 e. The molecule has 35 heavy (non-hydrogen) atoms. The number of likely N-dealkylation sites (tertiary alicyclic amines) is 1. The zero-order valence-electron chi connectivity index (χ0n) is 19.7. The normalized spacial score (nSPS) is 15.5. The number of piperidine rings is 1. The average Bonchev–Trinajstić information content (AvgIpc) is 2.88. The topological polar surface area (TPSA) is 106 Å². The van der Waals surface area contributed by atoms with Crippen LogP contribution in [0.1, 0.15) is 25.7 Å². The van der Waals surface area contributed by atoms with Gasteiger partial charge in [-0.15, -0.1) is 0 Å². The van der Waals surface area contributed by atoms with Gasteiger partial charge in [-0.05, 0) is 69.6 Å².